The number of aryl methyl sites for hydroxylation is 6. The van der Waals surface area contributed by atoms with E-state index in [-0.39, 0.29) is 18.9 Å². The van der Waals surface area contributed by atoms with Gasteiger partial charge in [0.1, 0.15) is 29.9 Å². The Morgan fingerprint density at radius 2 is 1.16 bits per heavy atom. The Kier molecular flexibility index (Phi) is 73.1. The molecule has 1 aliphatic heterocycles. The largest absolute Gasteiger partial charge is 0.383 e. The highest BCUT2D eigenvalue weighted by Crippen LogP contribution is 2.25. The lowest BCUT2D eigenvalue weighted by Gasteiger charge is -2.31. The predicted molar refractivity (Wildman–Crippen MR) is 397 cm³/mol. The molecule has 7 aromatic rings. The van der Waals surface area contributed by atoms with Gasteiger partial charge in [-0.1, -0.05) is 248 Å². The molecule has 0 saturated carbocycles. The number of piperidine rings is 1. The van der Waals surface area contributed by atoms with Gasteiger partial charge < -0.3 is 34.2 Å². The van der Waals surface area contributed by atoms with E-state index in [1.54, 1.807) is 38.2 Å². The summed E-state index contributed by atoms with van der Waals surface area (Å²) in [6.45, 7) is 72.5. The summed E-state index contributed by atoms with van der Waals surface area (Å²) >= 11 is 0. The topological polar surface area (TPSA) is 195 Å². The lowest BCUT2D eigenvalue weighted by Crippen LogP contribution is -2.32. The van der Waals surface area contributed by atoms with Crippen molar-refractivity contribution in [1.29, 1.82) is 0 Å². The summed E-state index contributed by atoms with van der Waals surface area (Å²) in [5.74, 6) is 7.11. The second-order valence-electron chi connectivity index (χ2n) is 21.4. The molecule has 0 aliphatic carbocycles. The van der Waals surface area contributed by atoms with Crippen LogP contribution in [0.3, 0.4) is 0 Å². The standard InChI is InChI=1S/C10H16N2.C10H14.C9H14N2O.C9H19N.C6H10N2.2C6H9NO.C5H7NO.7C2H6.CH4/c1-6(2)9-7(3)5-8(4)12-10(9)11;1-8(2)10-7-5-4-6-9(10)3;1-5(2)8-6(3)10-7(4)11-9(8)12;1-8(2)9-4-6-10(3)7-5-9;1-5(2)6-3-7-4-8-6;1-5(2)6-3-7-8-4-6;1-5(2)6-3-4-7-8-6;1-2-5-3-4-7-6-5;7*1-2;/h5-6H,1-4H3,(H2,11,12);4-8H,1-3H3;5H,1-4H3,(H,10,11,12);8-9H,4-7H2,1-3H3;3-5H,1-2H3,(H,7,8);2*3-5H,1-2H3;3-4H,2H2,1H3;7*1-2H3;1H4. The molecule has 0 unspecified atom stereocenters. The molecule has 0 spiro atoms. The first-order valence-electron chi connectivity index (χ1n) is 34.0. The maximum absolute atomic E-state index is 11.4. The smallest absolute Gasteiger partial charge is 0.254 e. The second-order valence-corrected chi connectivity index (χ2v) is 21.4. The van der Waals surface area contributed by atoms with Crippen LogP contribution >= 0.6 is 0 Å². The van der Waals surface area contributed by atoms with Gasteiger partial charge in [-0.2, -0.15) is 0 Å². The summed E-state index contributed by atoms with van der Waals surface area (Å²) in [5.41, 5.74) is 17.1. The van der Waals surface area contributed by atoms with Gasteiger partial charge in [-0.15, -0.1) is 0 Å². The number of nitrogens with zero attached hydrogens (tertiary/aromatic N) is 7. The van der Waals surface area contributed by atoms with E-state index in [0.29, 0.717) is 41.2 Å². The minimum atomic E-state index is -0.00463. The van der Waals surface area contributed by atoms with Gasteiger partial charge in [-0.25, -0.2) is 15.0 Å². The fraction of sp³-hybridized carbons (Fsp3) is 0.645. The summed E-state index contributed by atoms with van der Waals surface area (Å²) in [5, 5.41) is 10.8. The minimum absolute atomic E-state index is 0. The van der Waals surface area contributed by atoms with Gasteiger partial charge in [-0.05, 0) is 144 Å². The average molecular weight is 1260 g/mol. The fourth-order valence-electron chi connectivity index (χ4n) is 8.00. The van der Waals surface area contributed by atoms with Crippen LogP contribution in [0.25, 0.3) is 0 Å². The number of benzene rings is 1. The van der Waals surface area contributed by atoms with Crippen LogP contribution in [0.1, 0.15) is 324 Å². The van der Waals surface area contributed by atoms with Crippen molar-refractivity contribution >= 4 is 5.82 Å². The van der Waals surface area contributed by atoms with Gasteiger partial charge in [0.05, 0.1) is 24.4 Å². The SMILES string of the molecule is C.CC.CC.CC.CC.CC.CC.CC.CC(C)C1CCN(C)CC1.CC(C)c1ccno1.CC(C)c1cnc[nH]1.CC(C)c1cnoc1.CCc1ccon1.Cc1cc(C)c(C(C)C)c(N)n1.Cc1ccccc1C(C)C.Cc1nc(C)c(C(C)C)c(=O)[nH]1. The Hall–Kier alpha value is -6.15. The average Bonchev–Trinajstić information content (AvgIpc) is 2.49. The van der Waals surface area contributed by atoms with Crippen LogP contribution in [-0.2, 0) is 6.42 Å². The maximum Gasteiger partial charge on any atom is 0.254 e. The van der Waals surface area contributed by atoms with E-state index in [1.807, 2.05) is 150 Å². The van der Waals surface area contributed by atoms with Gasteiger partial charge in [-0.3, -0.25) is 4.79 Å². The zero-order chi connectivity index (χ0) is 70.8. The molecular weight excluding hydrogens is 1120 g/mol. The fourth-order valence-corrected chi connectivity index (χ4v) is 8.00. The van der Waals surface area contributed by atoms with Crippen LogP contribution in [0.5, 0.6) is 0 Å². The van der Waals surface area contributed by atoms with Crippen molar-refractivity contribution in [3.63, 3.8) is 0 Å². The molecule has 0 atom stereocenters. The van der Waals surface area contributed by atoms with E-state index in [4.69, 9.17) is 10.3 Å². The number of nitrogens with two attached hydrogens (primary N) is 1. The van der Waals surface area contributed by atoms with Gasteiger partial charge in [0.25, 0.3) is 5.56 Å². The summed E-state index contributed by atoms with van der Waals surface area (Å²) in [7, 11) is 2.22. The highest BCUT2D eigenvalue weighted by Gasteiger charge is 2.19. The number of anilines is 1. The number of hydrogen-bond acceptors (Lipinski definition) is 12. The zero-order valence-electron chi connectivity index (χ0n) is 64.0. The first-order valence-corrected chi connectivity index (χ1v) is 34.0. The summed E-state index contributed by atoms with van der Waals surface area (Å²) in [6.07, 6.45) is 14.0. The number of nitrogen functional groups attached to an aromatic ring is 1. The lowest BCUT2D eigenvalue weighted by atomic mass is 9.87. The molecule has 0 bridgehead atoms. The minimum Gasteiger partial charge on any atom is -0.383 e. The Morgan fingerprint density at radius 3 is 1.44 bits per heavy atom. The number of pyridine rings is 1. The van der Waals surface area contributed by atoms with Crippen LogP contribution < -0.4 is 11.3 Å². The number of imidazole rings is 1. The number of H-pyrrole nitrogens is 2. The zero-order valence-corrected chi connectivity index (χ0v) is 64.0. The van der Waals surface area contributed by atoms with Crippen LogP contribution in [0.2, 0.25) is 0 Å². The van der Waals surface area contributed by atoms with Crippen LogP contribution in [0.15, 0.2) is 98.3 Å². The third kappa shape index (κ3) is 48.7. The molecule has 4 N–H and O–H groups in total. The number of aromatic amines is 2. The summed E-state index contributed by atoms with van der Waals surface area (Å²) in [4.78, 5) is 31.9. The summed E-state index contributed by atoms with van der Waals surface area (Å²) < 4.78 is 14.0. The van der Waals surface area contributed by atoms with Gasteiger partial charge >= 0.3 is 0 Å². The molecule has 14 heteroatoms. The molecule has 1 fully saturated rings. The number of nitrogens with one attached hydrogen (secondary N) is 2. The third-order valence-corrected chi connectivity index (χ3v) is 12.5. The molecule has 0 radical (unpaired) electrons. The molecule has 8 rings (SSSR count). The molecule has 522 valence electrons. The predicted octanol–water partition coefficient (Wildman–Crippen LogP) is 23.2. The monoisotopic (exact) mass is 1260 g/mol. The number of aromatic nitrogens is 8. The molecule has 6 aromatic heterocycles. The molecule has 1 saturated heterocycles. The second kappa shape index (κ2) is 65.8. The van der Waals surface area contributed by atoms with Gasteiger partial charge in [0.15, 0.2) is 0 Å². The van der Waals surface area contributed by atoms with Crippen LogP contribution in [-0.4, -0.2) is 65.4 Å². The van der Waals surface area contributed by atoms with Crippen molar-refractivity contribution < 1.29 is 13.6 Å². The van der Waals surface area contributed by atoms with Crippen molar-refractivity contribution in [2.75, 3.05) is 25.9 Å². The van der Waals surface area contributed by atoms with E-state index in [0.717, 1.165) is 52.2 Å². The molecule has 7 heterocycles. The van der Waals surface area contributed by atoms with Crippen molar-refractivity contribution in [3.8, 4) is 0 Å². The Labute approximate surface area is 555 Å². The Bertz CT molecular complexity index is 2420. The van der Waals surface area contributed by atoms with Crippen molar-refractivity contribution in [1.82, 2.24) is 45.3 Å². The van der Waals surface area contributed by atoms with Crippen molar-refractivity contribution in [2.45, 2.75) is 298 Å². The molecular formula is C76H144N10O4. The van der Waals surface area contributed by atoms with E-state index < -0.39 is 0 Å². The third-order valence-electron chi connectivity index (χ3n) is 12.5. The van der Waals surface area contributed by atoms with Crippen LogP contribution in [0.4, 0.5) is 5.82 Å². The number of hydrogen-bond donors (Lipinski definition) is 3. The normalized spacial score (nSPS) is 10.6. The highest BCUT2D eigenvalue weighted by molar-refractivity contribution is 5.47. The molecule has 1 aromatic carbocycles. The first kappa shape index (κ1) is 100. The molecule has 1 aliphatic rings. The quantitative estimate of drug-likeness (QED) is 0.130. The van der Waals surface area contributed by atoms with Crippen molar-refractivity contribution in [3.05, 3.63) is 158 Å². The van der Waals surface area contributed by atoms with E-state index >= 15 is 0 Å². The van der Waals surface area contributed by atoms with E-state index in [9.17, 15) is 4.79 Å². The Balaban J connectivity index is -0.000000139. The number of rotatable bonds is 8. The van der Waals surface area contributed by atoms with Crippen LogP contribution in [0, 0.1) is 46.5 Å². The molecule has 0 amide bonds. The summed E-state index contributed by atoms with van der Waals surface area (Å²) in [6, 6.07) is 14.4. The lowest BCUT2D eigenvalue weighted by molar-refractivity contribution is 0.185. The van der Waals surface area contributed by atoms with E-state index in [2.05, 4.69) is 189 Å². The van der Waals surface area contributed by atoms with Gasteiger partial charge in [0, 0.05) is 52.5 Å². The first-order chi connectivity index (χ1) is 42.3. The molecule has 90 heavy (non-hydrogen) atoms. The highest BCUT2D eigenvalue weighted by atomic mass is 16.5. The van der Waals surface area contributed by atoms with E-state index in [1.165, 1.54) is 53.9 Å². The number of likely N-dealkylation sites (tertiary alicyclic amines) is 1. The maximum atomic E-state index is 11.4. The van der Waals surface area contributed by atoms with Crippen molar-refractivity contribution in [2.24, 2.45) is 11.8 Å². The Morgan fingerprint density at radius 1 is 0.622 bits per heavy atom. The van der Waals surface area contributed by atoms with Gasteiger partial charge in [0.2, 0.25) is 0 Å². The molecule has 14 nitrogen and oxygen atoms in total.